The number of hydrogen-bond donors (Lipinski definition) is 6. The highest BCUT2D eigenvalue weighted by atomic mass is 16.4. The number of carboxylic acids is 1. The maximum absolute atomic E-state index is 13.4. The van der Waals surface area contributed by atoms with Crippen molar-refractivity contribution in [2.75, 3.05) is 75.5 Å². The first-order valence-corrected chi connectivity index (χ1v) is 26.8. The zero-order valence-corrected chi connectivity index (χ0v) is 44.5. The minimum Gasteiger partial charge on any atom is -0.474 e. The third-order valence-corrected chi connectivity index (χ3v) is 15.4. The number of aliphatic carboxylic acids is 1. The number of piperidine rings is 4. The summed E-state index contributed by atoms with van der Waals surface area (Å²) in [5.41, 5.74) is 18.4. The molecule has 4 atom stereocenters. The largest absolute Gasteiger partial charge is 0.474 e. The Balaban J connectivity index is 0.000000167. The number of aryl methyl sites for hydroxylation is 2. The molecule has 0 aliphatic carbocycles. The van der Waals surface area contributed by atoms with Crippen molar-refractivity contribution in [3.8, 4) is 0 Å². The Bertz CT molecular complexity index is 2930. The van der Waals surface area contributed by atoms with Gasteiger partial charge in [-0.1, -0.05) is 45.9 Å². The number of likely N-dealkylation sites (tertiary alicyclic amines) is 3. The maximum Gasteiger partial charge on any atom is 0.394 e. The van der Waals surface area contributed by atoms with Gasteiger partial charge >= 0.3 is 23.7 Å². The number of fused-ring (bicyclic) bond motifs is 2. The van der Waals surface area contributed by atoms with Crippen LogP contribution in [0.3, 0.4) is 0 Å². The van der Waals surface area contributed by atoms with Crippen LogP contribution in [-0.2, 0) is 32.0 Å². The molecule has 4 aliphatic heterocycles. The van der Waals surface area contributed by atoms with Crippen LogP contribution in [0.15, 0.2) is 73.3 Å². The zero-order valence-electron chi connectivity index (χ0n) is 44.5. The van der Waals surface area contributed by atoms with Crippen molar-refractivity contribution >= 4 is 68.5 Å². The number of rotatable bonds is 8. The molecule has 8 heterocycles. The van der Waals surface area contributed by atoms with Gasteiger partial charge in [-0.3, -0.25) is 23.7 Å². The summed E-state index contributed by atoms with van der Waals surface area (Å²) in [5.74, 6) is -1.85. The van der Waals surface area contributed by atoms with Gasteiger partial charge in [-0.05, 0) is 175 Å². The maximum atomic E-state index is 13.4. The Morgan fingerprint density at radius 2 is 1.20 bits per heavy atom. The van der Waals surface area contributed by atoms with E-state index in [4.69, 9.17) is 26.8 Å². The van der Waals surface area contributed by atoms with E-state index in [1.54, 1.807) is 17.0 Å². The molecule has 75 heavy (non-hydrogen) atoms. The Kier molecular flexibility index (Phi) is 17.8. The molecule has 0 unspecified atom stereocenters. The van der Waals surface area contributed by atoms with Gasteiger partial charge in [0.05, 0.1) is 52.9 Å². The molecule has 19 nitrogen and oxygen atoms in total. The topological polar surface area (TPSA) is 248 Å². The van der Waals surface area contributed by atoms with Gasteiger partial charge in [-0.25, -0.2) is 14.8 Å². The lowest BCUT2D eigenvalue weighted by Gasteiger charge is -2.38. The summed E-state index contributed by atoms with van der Waals surface area (Å²) in [7, 11) is 4.37. The van der Waals surface area contributed by atoms with E-state index in [1.165, 1.54) is 62.1 Å². The van der Waals surface area contributed by atoms with E-state index in [-0.39, 0.29) is 6.04 Å². The fourth-order valence-electron chi connectivity index (χ4n) is 10.7. The molecule has 0 spiro atoms. The molecular formula is C56H76N14O5. The molecule has 0 radical (unpaired) electrons. The van der Waals surface area contributed by atoms with Crippen LogP contribution >= 0.6 is 0 Å². The minimum absolute atomic E-state index is 0.152. The average molecular weight is 1030 g/mol. The molecule has 10 rings (SSSR count). The summed E-state index contributed by atoms with van der Waals surface area (Å²) in [6, 6.07) is 17.8. The molecule has 3 amide bonds. The van der Waals surface area contributed by atoms with Gasteiger partial charge in [-0.15, -0.1) is 0 Å². The SMILES string of the molecule is CCc1cc(NC(=O)C(=O)N2C[C@@H](C)CC[C@@H]2c2ccc3nn(C4CCN(C)CC4)cc3c2)cnc1N.CCc1cc(NC(=O)C(=O)O)cnc1N.C[C@H]1CC[C@H](c2ccc3cn(C4CCN(C)CC4)nc3c2)NC1. The van der Waals surface area contributed by atoms with Gasteiger partial charge in [0.15, 0.2) is 0 Å². The van der Waals surface area contributed by atoms with Crippen LogP contribution in [0, 0.1) is 11.8 Å². The molecule has 4 aliphatic rings. The van der Waals surface area contributed by atoms with Gasteiger partial charge in [-0.2, -0.15) is 10.2 Å². The molecular weight excluding hydrogens is 949 g/mol. The quantitative estimate of drug-likeness (QED) is 0.0814. The number of carboxylic acid groups (broad SMARTS) is 1. The van der Waals surface area contributed by atoms with E-state index in [1.807, 2.05) is 19.9 Å². The molecule has 400 valence electrons. The van der Waals surface area contributed by atoms with Crippen molar-refractivity contribution in [1.82, 2.24) is 49.5 Å². The van der Waals surface area contributed by atoms with Gasteiger partial charge in [0.25, 0.3) is 0 Å². The normalized spacial score (nSPS) is 20.9. The second-order valence-electron chi connectivity index (χ2n) is 21.2. The third kappa shape index (κ3) is 13.7. The monoisotopic (exact) mass is 1020 g/mol. The number of benzene rings is 2. The highest BCUT2D eigenvalue weighted by molar-refractivity contribution is 6.39. The van der Waals surface area contributed by atoms with E-state index >= 15 is 0 Å². The van der Waals surface area contributed by atoms with Gasteiger partial charge in [0.2, 0.25) is 0 Å². The summed E-state index contributed by atoms with van der Waals surface area (Å²) < 4.78 is 4.34. The predicted molar refractivity (Wildman–Crippen MR) is 294 cm³/mol. The number of nitrogens with two attached hydrogens (primary N) is 2. The molecule has 0 saturated carbocycles. The van der Waals surface area contributed by atoms with Crippen molar-refractivity contribution in [2.45, 2.75) is 116 Å². The fraction of sp³-hybridized carbons (Fsp3) is 0.500. The number of carbonyl (C=O) groups is 4. The van der Waals surface area contributed by atoms with Crippen molar-refractivity contribution in [3.63, 3.8) is 0 Å². The molecule has 4 saturated heterocycles. The first-order valence-electron chi connectivity index (χ1n) is 26.8. The predicted octanol–water partition coefficient (Wildman–Crippen LogP) is 7.39. The number of amides is 3. The highest BCUT2D eigenvalue weighted by Crippen LogP contribution is 2.36. The molecule has 2 aromatic carbocycles. The number of aromatic nitrogens is 6. The fourth-order valence-corrected chi connectivity index (χ4v) is 10.7. The number of carbonyl (C=O) groups excluding carboxylic acids is 3. The van der Waals surface area contributed by atoms with Crippen molar-refractivity contribution in [2.24, 2.45) is 11.8 Å². The molecule has 0 bridgehead atoms. The molecule has 6 aromatic rings. The average Bonchev–Trinajstić information content (AvgIpc) is 4.05. The van der Waals surface area contributed by atoms with Crippen LogP contribution in [-0.4, -0.2) is 126 Å². The zero-order chi connectivity index (χ0) is 53.3. The Hall–Kier alpha value is -6.96. The van der Waals surface area contributed by atoms with Crippen molar-refractivity contribution < 1.29 is 24.3 Å². The number of hydrogen-bond acceptors (Lipinski definition) is 13. The van der Waals surface area contributed by atoms with Crippen LogP contribution in [0.1, 0.15) is 125 Å². The third-order valence-electron chi connectivity index (χ3n) is 15.4. The summed E-state index contributed by atoms with van der Waals surface area (Å²) in [5, 5.41) is 29.1. The standard InChI is InChI=1S/C28H37N7O2.C19H28N4.C9H11N3O3/c1-4-19-14-22(15-30-26(19)29)31-27(36)28(37)34-16-18(2)5-8-25(34)20-6-7-24-21(13-20)17-35(32-24)23-9-11-33(3)12-10-23;1-14-3-6-18(20-12-14)15-4-5-16-13-23(21-19(16)11-15)17-7-9-22(2)10-8-17;1-2-5-3-6(4-11-7(5)10)12-8(13)9(14)15/h6-7,13-15,17-18,23,25H,4-5,8-12,16H2,1-3H3,(H2,29,30)(H,31,36);4-5,11,13-14,17-18,20H,3,6-10,12H2,1-2H3;3-4H,2H2,1H3,(H2,10,11)(H,12,13)(H,14,15)/t18-,25+;14-,18+;/m00./s1. The van der Waals surface area contributed by atoms with Gasteiger partial charge in [0.1, 0.15) is 11.6 Å². The van der Waals surface area contributed by atoms with Crippen LogP contribution in [0.2, 0.25) is 0 Å². The smallest absolute Gasteiger partial charge is 0.394 e. The lowest BCUT2D eigenvalue weighted by atomic mass is 9.89. The van der Waals surface area contributed by atoms with Gasteiger partial charge in [0, 0.05) is 35.8 Å². The second kappa shape index (κ2) is 24.6. The number of pyridine rings is 2. The number of nitrogens with one attached hydrogen (secondary N) is 3. The van der Waals surface area contributed by atoms with E-state index in [0.717, 1.165) is 84.3 Å². The number of nitrogen functional groups attached to an aromatic ring is 2. The van der Waals surface area contributed by atoms with Crippen LogP contribution in [0.5, 0.6) is 0 Å². The highest BCUT2D eigenvalue weighted by Gasteiger charge is 2.35. The van der Waals surface area contributed by atoms with E-state index in [0.29, 0.717) is 66.4 Å². The summed E-state index contributed by atoms with van der Waals surface area (Å²) in [6.45, 7) is 14.5. The summed E-state index contributed by atoms with van der Waals surface area (Å²) in [6.07, 6.45) is 17.5. The lowest BCUT2D eigenvalue weighted by molar-refractivity contribution is -0.147. The first kappa shape index (κ1) is 54.3. The Labute approximate surface area is 439 Å². The second-order valence-corrected chi connectivity index (χ2v) is 21.2. The van der Waals surface area contributed by atoms with Crippen LogP contribution in [0.25, 0.3) is 21.8 Å². The minimum atomic E-state index is -1.54. The van der Waals surface area contributed by atoms with E-state index in [2.05, 4.69) is 116 Å². The molecule has 4 fully saturated rings. The van der Waals surface area contributed by atoms with Crippen molar-refractivity contribution in [1.29, 1.82) is 0 Å². The van der Waals surface area contributed by atoms with E-state index < -0.39 is 23.7 Å². The van der Waals surface area contributed by atoms with Crippen molar-refractivity contribution in [3.05, 3.63) is 95.6 Å². The van der Waals surface area contributed by atoms with E-state index in [9.17, 15) is 19.2 Å². The summed E-state index contributed by atoms with van der Waals surface area (Å²) >= 11 is 0. The van der Waals surface area contributed by atoms with Crippen LogP contribution < -0.4 is 27.4 Å². The lowest BCUT2D eigenvalue weighted by Crippen LogP contribution is -2.46. The Morgan fingerprint density at radius 1 is 0.653 bits per heavy atom. The first-order chi connectivity index (χ1) is 36.0. The Morgan fingerprint density at radius 3 is 1.76 bits per heavy atom. The molecule has 8 N–H and O–H groups in total. The molecule has 19 heteroatoms. The summed E-state index contributed by atoms with van der Waals surface area (Å²) in [4.78, 5) is 62.0. The number of nitrogens with zero attached hydrogens (tertiary/aromatic N) is 9. The number of anilines is 4. The van der Waals surface area contributed by atoms with Gasteiger partial charge < -0.3 is 47.2 Å². The molecule has 4 aromatic heterocycles. The van der Waals surface area contributed by atoms with Crippen LogP contribution in [0.4, 0.5) is 23.0 Å².